The fourth-order valence-corrected chi connectivity index (χ4v) is 4.68. The third-order valence-electron chi connectivity index (χ3n) is 6.73. The van der Waals surface area contributed by atoms with Crippen LogP contribution in [-0.2, 0) is 12.8 Å². The summed E-state index contributed by atoms with van der Waals surface area (Å²) in [6.45, 7) is 2.63. The first-order valence-electron chi connectivity index (χ1n) is 13.4. The van der Waals surface area contributed by atoms with Crippen molar-refractivity contribution in [3.63, 3.8) is 0 Å². The maximum Gasteiger partial charge on any atom is 0.416 e. The van der Waals surface area contributed by atoms with Gasteiger partial charge in [-0.05, 0) is 88.4 Å². The summed E-state index contributed by atoms with van der Waals surface area (Å²) < 4.78 is 50.6. The molecule has 206 valence electrons. The van der Waals surface area contributed by atoms with E-state index in [1.54, 1.807) is 0 Å². The average molecular weight is 551 g/mol. The number of allylic oxidation sites excluding steroid dienone is 1. The lowest BCUT2D eigenvalue weighted by Crippen LogP contribution is -2.03. The number of hydrogen-bond donors (Lipinski definition) is 0. The van der Waals surface area contributed by atoms with Gasteiger partial charge in [0.2, 0.25) is 0 Å². The predicted octanol–water partition coefficient (Wildman–Crippen LogP) is 10.4. The number of ether oxygens (including phenoxy) is 2. The van der Waals surface area contributed by atoms with Crippen LogP contribution in [0.2, 0.25) is 0 Å². The van der Waals surface area contributed by atoms with Crippen LogP contribution in [-0.4, -0.2) is 0 Å². The van der Waals surface area contributed by atoms with Crippen molar-refractivity contribution in [2.75, 3.05) is 0 Å². The van der Waals surface area contributed by atoms with E-state index in [-0.39, 0.29) is 0 Å². The Morgan fingerprint density at radius 1 is 0.561 bits per heavy atom. The number of halogens is 3. The van der Waals surface area contributed by atoms with Crippen LogP contribution in [0.1, 0.15) is 41.2 Å². The molecule has 0 bridgehead atoms. The zero-order valence-corrected chi connectivity index (χ0v) is 22.6. The molecule has 0 saturated carbocycles. The molecule has 0 unspecified atom stereocenters. The topological polar surface area (TPSA) is 18.5 Å². The van der Waals surface area contributed by atoms with Crippen molar-refractivity contribution in [2.24, 2.45) is 0 Å². The summed E-state index contributed by atoms with van der Waals surface area (Å²) in [5, 5.41) is 0. The number of alkyl halides is 3. The fourth-order valence-electron chi connectivity index (χ4n) is 4.68. The van der Waals surface area contributed by atoms with Crippen LogP contribution in [0.15, 0.2) is 133 Å². The highest BCUT2D eigenvalue weighted by Crippen LogP contribution is 2.36. The lowest BCUT2D eigenvalue weighted by molar-refractivity contribution is -0.137. The Bertz CT molecular complexity index is 1570. The largest absolute Gasteiger partial charge is 0.489 e. The first-order chi connectivity index (χ1) is 19.9. The SMILES string of the molecule is CC/C(=C(/c1ccc(OCc2ccccc2)cc1)c1ccc(Oc2ccc(C(F)(F)F)cc2)cc1)c1ccccc1. The Labute approximate surface area is 238 Å². The van der Waals surface area contributed by atoms with E-state index in [0.717, 1.165) is 52.1 Å². The normalized spacial score (nSPS) is 12.0. The van der Waals surface area contributed by atoms with Crippen molar-refractivity contribution in [1.29, 1.82) is 0 Å². The van der Waals surface area contributed by atoms with E-state index in [1.165, 1.54) is 17.7 Å². The van der Waals surface area contributed by atoms with Gasteiger partial charge in [-0.1, -0.05) is 91.9 Å². The molecule has 0 amide bonds. The van der Waals surface area contributed by atoms with E-state index in [9.17, 15) is 13.2 Å². The maximum atomic E-state index is 12.9. The van der Waals surface area contributed by atoms with E-state index >= 15 is 0 Å². The highest BCUT2D eigenvalue weighted by atomic mass is 19.4. The van der Waals surface area contributed by atoms with E-state index in [1.807, 2.05) is 84.9 Å². The van der Waals surface area contributed by atoms with Gasteiger partial charge in [0.05, 0.1) is 5.56 Å². The molecule has 0 saturated heterocycles. The molecule has 2 nitrogen and oxygen atoms in total. The fraction of sp³-hybridized carbons (Fsp3) is 0.111. The van der Waals surface area contributed by atoms with E-state index in [2.05, 4.69) is 31.2 Å². The molecule has 0 N–H and O–H groups in total. The van der Waals surface area contributed by atoms with Gasteiger partial charge >= 0.3 is 6.18 Å². The molecule has 0 spiro atoms. The maximum absolute atomic E-state index is 12.9. The number of benzene rings is 5. The Balaban J connectivity index is 1.43. The van der Waals surface area contributed by atoms with Crippen LogP contribution in [0, 0.1) is 0 Å². The third-order valence-corrected chi connectivity index (χ3v) is 6.73. The molecule has 5 aromatic carbocycles. The van der Waals surface area contributed by atoms with Crippen LogP contribution >= 0.6 is 0 Å². The molecule has 0 radical (unpaired) electrons. The quantitative estimate of drug-likeness (QED) is 0.170. The summed E-state index contributed by atoms with van der Waals surface area (Å²) in [5.74, 6) is 1.66. The van der Waals surface area contributed by atoms with E-state index in [0.29, 0.717) is 18.1 Å². The van der Waals surface area contributed by atoms with Crippen molar-refractivity contribution in [3.8, 4) is 17.2 Å². The van der Waals surface area contributed by atoms with Crippen molar-refractivity contribution in [3.05, 3.63) is 161 Å². The minimum absolute atomic E-state index is 0.339. The second kappa shape index (κ2) is 12.6. The highest BCUT2D eigenvalue weighted by Gasteiger charge is 2.30. The molecule has 0 aromatic heterocycles. The Morgan fingerprint density at radius 2 is 1.05 bits per heavy atom. The van der Waals surface area contributed by atoms with Crippen molar-refractivity contribution in [1.82, 2.24) is 0 Å². The average Bonchev–Trinajstić information content (AvgIpc) is 3.00. The first kappa shape index (κ1) is 27.8. The van der Waals surface area contributed by atoms with Gasteiger partial charge in [-0.2, -0.15) is 13.2 Å². The summed E-state index contributed by atoms with van der Waals surface area (Å²) in [7, 11) is 0. The summed E-state index contributed by atoms with van der Waals surface area (Å²) in [5.41, 5.74) is 5.87. The molecule has 0 heterocycles. The minimum atomic E-state index is -4.38. The lowest BCUT2D eigenvalue weighted by Gasteiger charge is -2.17. The van der Waals surface area contributed by atoms with Crippen LogP contribution in [0.3, 0.4) is 0 Å². The molecule has 0 fully saturated rings. The van der Waals surface area contributed by atoms with Gasteiger partial charge in [0, 0.05) is 0 Å². The standard InChI is InChI=1S/C36H29F3O2/c1-2-34(27-11-7-4-8-12-27)35(28-13-19-31(20-14-28)40-25-26-9-5-3-6-10-26)29-15-21-32(22-16-29)41-33-23-17-30(18-24-33)36(37,38)39/h3-24H,2,25H2,1H3/b35-34+. The molecule has 0 aliphatic rings. The predicted molar refractivity (Wildman–Crippen MR) is 158 cm³/mol. The summed E-state index contributed by atoms with van der Waals surface area (Å²) in [6, 6.07) is 40.8. The highest BCUT2D eigenvalue weighted by molar-refractivity contribution is 5.98. The third kappa shape index (κ3) is 7.06. The Morgan fingerprint density at radius 3 is 1.56 bits per heavy atom. The van der Waals surface area contributed by atoms with Crippen LogP contribution < -0.4 is 9.47 Å². The van der Waals surface area contributed by atoms with Crippen LogP contribution in [0.5, 0.6) is 17.2 Å². The van der Waals surface area contributed by atoms with Crippen LogP contribution in [0.25, 0.3) is 11.1 Å². The summed E-state index contributed by atoms with van der Waals surface area (Å²) in [6.07, 6.45) is -3.57. The molecular weight excluding hydrogens is 521 g/mol. The molecule has 0 aliphatic carbocycles. The van der Waals surface area contributed by atoms with Gasteiger partial charge in [-0.25, -0.2) is 0 Å². The minimum Gasteiger partial charge on any atom is -0.489 e. The first-order valence-corrected chi connectivity index (χ1v) is 13.4. The van der Waals surface area contributed by atoms with E-state index in [4.69, 9.17) is 9.47 Å². The molecule has 41 heavy (non-hydrogen) atoms. The molecule has 5 aromatic rings. The summed E-state index contributed by atoms with van der Waals surface area (Å²) in [4.78, 5) is 0. The molecular formula is C36H29F3O2. The Kier molecular flexibility index (Phi) is 8.54. The lowest BCUT2D eigenvalue weighted by atomic mass is 9.88. The van der Waals surface area contributed by atoms with Crippen molar-refractivity contribution >= 4 is 11.1 Å². The van der Waals surface area contributed by atoms with E-state index < -0.39 is 11.7 Å². The zero-order valence-electron chi connectivity index (χ0n) is 22.6. The number of rotatable bonds is 9. The summed E-state index contributed by atoms with van der Waals surface area (Å²) >= 11 is 0. The second-order valence-corrected chi connectivity index (χ2v) is 9.52. The second-order valence-electron chi connectivity index (χ2n) is 9.52. The number of hydrogen-bond acceptors (Lipinski definition) is 2. The monoisotopic (exact) mass is 550 g/mol. The molecule has 0 atom stereocenters. The smallest absolute Gasteiger partial charge is 0.416 e. The van der Waals surface area contributed by atoms with Gasteiger partial charge in [0.25, 0.3) is 0 Å². The molecule has 5 heteroatoms. The zero-order chi connectivity index (χ0) is 28.7. The van der Waals surface area contributed by atoms with Gasteiger partial charge in [-0.15, -0.1) is 0 Å². The molecule has 5 rings (SSSR count). The van der Waals surface area contributed by atoms with Crippen LogP contribution in [0.4, 0.5) is 13.2 Å². The van der Waals surface area contributed by atoms with Gasteiger partial charge in [-0.3, -0.25) is 0 Å². The van der Waals surface area contributed by atoms with Gasteiger partial charge < -0.3 is 9.47 Å². The Hall–Kier alpha value is -4.77. The van der Waals surface area contributed by atoms with Gasteiger partial charge in [0.15, 0.2) is 0 Å². The molecule has 0 aliphatic heterocycles. The van der Waals surface area contributed by atoms with Gasteiger partial charge in [0.1, 0.15) is 23.9 Å². The van der Waals surface area contributed by atoms with Crippen molar-refractivity contribution < 1.29 is 22.6 Å². The van der Waals surface area contributed by atoms with Crippen molar-refractivity contribution in [2.45, 2.75) is 26.1 Å².